The van der Waals surface area contributed by atoms with Crippen LogP contribution < -0.4 is 10.6 Å². The molecule has 0 bridgehead atoms. The quantitative estimate of drug-likeness (QED) is 0.795. The number of amides is 1. The zero-order valence-electron chi connectivity index (χ0n) is 13.3. The Kier molecular flexibility index (Phi) is 5.91. The van der Waals surface area contributed by atoms with Crippen molar-refractivity contribution in [2.75, 3.05) is 45.0 Å². The van der Waals surface area contributed by atoms with Gasteiger partial charge in [0.25, 0.3) is 0 Å². The van der Waals surface area contributed by atoms with Gasteiger partial charge in [-0.05, 0) is 22.9 Å². The molecular formula is C18H23N3OS. The molecule has 1 saturated heterocycles. The first-order chi connectivity index (χ1) is 11.3. The molecule has 4 nitrogen and oxygen atoms in total. The number of hydrogen-bond donors (Lipinski definition) is 2. The molecule has 0 aliphatic carbocycles. The average molecular weight is 329 g/mol. The summed E-state index contributed by atoms with van der Waals surface area (Å²) < 4.78 is 0. The van der Waals surface area contributed by atoms with Crippen molar-refractivity contribution in [3.63, 3.8) is 0 Å². The minimum atomic E-state index is 0.110. The maximum Gasteiger partial charge on any atom is 0.230 e. The van der Waals surface area contributed by atoms with Gasteiger partial charge >= 0.3 is 0 Å². The van der Waals surface area contributed by atoms with E-state index in [0.29, 0.717) is 5.75 Å². The van der Waals surface area contributed by atoms with Crippen molar-refractivity contribution in [2.45, 2.75) is 4.90 Å². The summed E-state index contributed by atoms with van der Waals surface area (Å²) in [6.45, 7) is 5.91. The van der Waals surface area contributed by atoms with Gasteiger partial charge in [0.05, 0.1) is 5.75 Å². The third-order valence-electron chi connectivity index (χ3n) is 4.05. The highest BCUT2D eigenvalue weighted by molar-refractivity contribution is 8.00. The molecule has 1 fully saturated rings. The first-order valence-electron chi connectivity index (χ1n) is 8.13. The molecule has 5 heteroatoms. The Morgan fingerprint density at radius 2 is 1.91 bits per heavy atom. The number of nitrogens with zero attached hydrogens (tertiary/aromatic N) is 1. The fourth-order valence-corrected chi connectivity index (χ4v) is 3.52. The van der Waals surface area contributed by atoms with Crippen LogP contribution in [0.3, 0.4) is 0 Å². The van der Waals surface area contributed by atoms with Gasteiger partial charge in [0.2, 0.25) is 5.91 Å². The summed E-state index contributed by atoms with van der Waals surface area (Å²) in [5.41, 5.74) is 0. The molecule has 0 radical (unpaired) electrons. The van der Waals surface area contributed by atoms with E-state index in [1.807, 2.05) is 12.1 Å². The third kappa shape index (κ3) is 4.96. The first kappa shape index (κ1) is 16.3. The summed E-state index contributed by atoms with van der Waals surface area (Å²) in [5.74, 6) is 0.582. The maximum absolute atomic E-state index is 12.0. The number of nitrogens with one attached hydrogen (secondary N) is 2. The fourth-order valence-electron chi connectivity index (χ4n) is 2.75. The van der Waals surface area contributed by atoms with Crippen LogP contribution in [0.15, 0.2) is 47.4 Å². The van der Waals surface area contributed by atoms with Crippen LogP contribution in [0.25, 0.3) is 10.8 Å². The summed E-state index contributed by atoms with van der Waals surface area (Å²) in [6, 6.07) is 14.6. The Bertz CT molecular complexity index is 656. The third-order valence-corrected chi connectivity index (χ3v) is 5.04. The number of rotatable bonds is 6. The largest absolute Gasteiger partial charge is 0.354 e. The van der Waals surface area contributed by atoms with Gasteiger partial charge in [-0.15, -0.1) is 11.8 Å². The molecule has 1 heterocycles. The lowest BCUT2D eigenvalue weighted by Crippen LogP contribution is -2.46. The molecule has 2 aromatic rings. The predicted octanol–water partition coefficient (Wildman–Crippen LogP) is 1.95. The van der Waals surface area contributed by atoms with Crippen LogP contribution in [0.1, 0.15) is 0 Å². The van der Waals surface area contributed by atoms with Gasteiger partial charge in [-0.1, -0.05) is 30.3 Å². The van der Waals surface area contributed by atoms with Crippen molar-refractivity contribution in [3.8, 4) is 0 Å². The van der Waals surface area contributed by atoms with Crippen molar-refractivity contribution < 1.29 is 4.79 Å². The van der Waals surface area contributed by atoms with Crippen LogP contribution in [0, 0.1) is 0 Å². The zero-order valence-corrected chi connectivity index (χ0v) is 14.1. The Balaban J connectivity index is 1.40. The van der Waals surface area contributed by atoms with Crippen molar-refractivity contribution in [2.24, 2.45) is 0 Å². The molecule has 0 unspecified atom stereocenters. The molecule has 0 saturated carbocycles. The molecule has 0 aromatic heterocycles. The number of benzene rings is 2. The molecule has 1 aliphatic rings. The van der Waals surface area contributed by atoms with Gasteiger partial charge in [0.15, 0.2) is 0 Å². The van der Waals surface area contributed by atoms with Crippen molar-refractivity contribution >= 4 is 28.4 Å². The van der Waals surface area contributed by atoms with E-state index in [-0.39, 0.29) is 5.91 Å². The van der Waals surface area contributed by atoms with Crippen molar-refractivity contribution in [1.82, 2.24) is 15.5 Å². The number of piperazine rings is 1. The lowest BCUT2D eigenvalue weighted by Gasteiger charge is -2.27. The second kappa shape index (κ2) is 8.34. The second-order valence-electron chi connectivity index (χ2n) is 5.74. The molecule has 0 atom stereocenters. The van der Waals surface area contributed by atoms with Gasteiger partial charge in [0.1, 0.15) is 0 Å². The van der Waals surface area contributed by atoms with Crippen molar-refractivity contribution in [3.05, 3.63) is 42.5 Å². The average Bonchev–Trinajstić information content (AvgIpc) is 2.61. The Hall–Kier alpha value is -1.56. The smallest absolute Gasteiger partial charge is 0.230 e. The second-order valence-corrected chi connectivity index (χ2v) is 6.79. The highest BCUT2D eigenvalue weighted by Gasteiger charge is 2.09. The van der Waals surface area contributed by atoms with Gasteiger partial charge in [-0.2, -0.15) is 0 Å². The summed E-state index contributed by atoms with van der Waals surface area (Å²) >= 11 is 1.59. The van der Waals surface area contributed by atoms with Crippen LogP contribution in [0.2, 0.25) is 0 Å². The molecule has 1 aliphatic heterocycles. The van der Waals surface area contributed by atoms with E-state index < -0.39 is 0 Å². The molecule has 23 heavy (non-hydrogen) atoms. The van der Waals surface area contributed by atoms with E-state index in [0.717, 1.165) is 44.2 Å². The highest BCUT2D eigenvalue weighted by atomic mass is 32.2. The van der Waals surface area contributed by atoms with Crippen LogP contribution in [-0.4, -0.2) is 55.8 Å². The van der Waals surface area contributed by atoms with E-state index in [1.165, 1.54) is 10.8 Å². The van der Waals surface area contributed by atoms with Crippen LogP contribution >= 0.6 is 11.8 Å². The number of carbonyl (C=O) groups is 1. The van der Waals surface area contributed by atoms with Gasteiger partial charge < -0.3 is 10.6 Å². The van der Waals surface area contributed by atoms with Gasteiger partial charge in [0, 0.05) is 44.2 Å². The highest BCUT2D eigenvalue weighted by Crippen LogP contribution is 2.23. The molecule has 3 rings (SSSR count). The van der Waals surface area contributed by atoms with E-state index in [1.54, 1.807) is 11.8 Å². The van der Waals surface area contributed by atoms with Crippen molar-refractivity contribution in [1.29, 1.82) is 0 Å². The standard InChI is InChI=1S/C18H23N3OS/c22-18(20-9-12-21-10-7-19-8-11-21)14-23-17-6-5-15-3-1-2-4-16(15)13-17/h1-6,13,19H,7-12,14H2,(H,20,22). The van der Waals surface area contributed by atoms with E-state index in [9.17, 15) is 4.79 Å². The summed E-state index contributed by atoms with van der Waals surface area (Å²) in [6.07, 6.45) is 0. The van der Waals surface area contributed by atoms with Crippen LogP contribution in [0.4, 0.5) is 0 Å². The number of fused-ring (bicyclic) bond motifs is 1. The normalized spacial score (nSPS) is 15.7. The zero-order chi connectivity index (χ0) is 15.9. The fraction of sp³-hybridized carbons (Fsp3) is 0.389. The van der Waals surface area contributed by atoms with E-state index in [2.05, 4.69) is 45.9 Å². The summed E-state index contributed by atoms with van der Waals surface area (Å²) in [7, 11) is 0. The molecule has 2 N–H and O–H groups in total. The molecule has 2 aromatic carbocycles. The molecular weight excluding hydrogens is 306 g/mol. The van der Waals surface area contributed by atoms with Crippen LogP contribution in [0.5, 0.6) is 0 Å². The minimum absolute atomic E-state index is 0.110. The Morgan fingerprint density at radius 1 is 1.13 bits per heavy atom. The number of hydrogen-bond acceptors (Lipinski definition) is 4. The van der Waals surface area contributed by atoms with Gasteiger partial charge in [-0.25, -0.2) is 0 Å². The molecule has 1 amide bonds. The van der Waals surface area contributed by atoms with E-state index >= 15 is 0 Å². The maximum atomic E-state index is 12.0. The van der Waals surface area contributed by atoms with Crippen LogP contribution in [-0.2, 0) is 4.79 Å². The topological polar surface area (TPSA) is 44.4 Å². The lowest BCUT2D eigenvalue weighted by molar-refractivity contribution is -0.118. The molecule has 122 valence electrons. The number of carbonyl (C=O) groups excluding carboxylic acids is 1. The Morgan fingerprint density at radius 3 is 2.74 bits per heavy atom. The monoisotopic (exact) mass is 329 g/mol. The summed E-state index contributed by atoms with van der Waals surface area (Å²) in [4.78, 5) is 15.5. The molecule has 0 spiro atoms. The first-order valence-corrected chi connectivity index (χ1v) is 9.11. The van der Waals surface area contributed by atoms with E-state index in [4.69, 9.17) is 0 Å². The SMILES string of the molecule is O=C(CSc1ccc2ccccc2c1)NCCN1CCNCC1. The van der Waals surface area contributed by atoms with Gasteiger partial charge in [-0.3, -0.25) is 9.69 Å². The predicted molar refractivity (Wildman–Crippen MR) is 97.0 cm³/mol. The summed E-state index contributed by atoms with van der Waals surface area (Å²) in [5, 5.41) is 8.80. The Labute approximate surface area is 141 Å². The minimum Gasteiger partial charge on any atom is -0.354 e. The number of thioether (sulfide) groups is 1. The lowest BCUT2D eigenvalue weighted by atomic mass is 10.1.